The third-order valence-electron chi connectivity index (χ3n) is 4.70. The third kappa shape index (κ3) is 4.14. The van der Waals surface area contributed by atoms with Crippen molar-refractivity contribution in [2.24, 2.45) is 0 Å². The monoisotopic (exact) mass is 325 g/mol. The van der Waals surface area contributed by atoms with Gasteiger partial charge in [-0.15, -0.1) is 0 Å². The molecule has 7 nitrogen and oxygen atoms in total. The first-order valence-corrected chi connectivity index (χ1v) is 8.64. The Morgan fingerprint density at radius 3 is 2.35 bits per heavy atom. The Morgan fingerprint density at radius 2 is 1.70 bits per heavy atom. The molecule has 130 valence electrons. The van der Waals surface area contributed by atoms with Crippen LogP contribution in [0.25, 0.3) is 0 Å². The van der Waals surface area contributed by atoms with Gasteiger partial charge in [-0.05, 0) is 32.1 Å². The number of carboxylic acid groups (broad SMARTS) is 1. The van der Waals surface area contributed by atoms with Crippen LogP contribution >= 0.6 is 0 Å². The molecule has 0 spiro atoms. The molecule has 7 heteroatoms. The summed E-state index contributed by atoms with van der Waals surface area (Å²) in [5.41, 5.74) is 0. The SMILES string of the molecule is CCCCCNC(=O)C1CCCN1C(=O)C1CCCN1C(=O)O. The standard InChI is InChI=1S/C16H27N3O4/c1-2-3-4-9-17-14(20)12-7-5-10-18(12)15(21)13-8-6-11-19(13)16(22)23/h12-13H,2-11H2,1H3,(H,17,20)(H,22,23). The van der Waals surface area contributed by atoms with Gasteiger partial charge in [0, 0.05) is 19.6 Å². The van der Waals surface area contributed by atoms with Gasteiger partial charge in [-0.3, -0.25) is 14.5 Å². The van der Waals surface area contributed by atoms with Crippen molar-refractivity contribution in [3.63, 3.8) is 0 Å². The van der Waals surface area contributed by atoms with E-state index in [0.717, 1.165) is 25.7 Å². The number of amides is 3. The van der Waals surface area contributed by atoms with E-state index < -0.39 is 18.2 Å². The number of carbonyl (C=O) groups excluding carboxylic acids is 2. The number of unbranched alkanes of at least 4 members (excludes halogenated alkanes) is 2. The van der Waals surface area contributed by atoms with Gasteiger partial charge >= 0.3 is 6.09 Å². The Morgan fingerprint density at radius 1 is 1.04 bits per heavy atom. The molecule has 0 aromatic carbocycles. The maximum absolute atomic E-state index is 12.7. The summed E-state index contributed by atoms with van der Waals surface area (Å²) in [6, 6.07) is -1.07. The molecule has 0 radical (unpaired) electrons. The summed E-state index contributed by atoms with van der Waals surface area (Å²) in [6.07, 6.45) is 4.75. The summed E-state index contributed by atoms with van der Waals surface area (Å²) in [5, 5.41) is 12.1. The molecule has 2 N–H and O–H groups in total. The number of likely N-dealkylation sites (tertiary alicyclic amines) is 2. The first-order valence-electron chi connectivity index (χ1n) is 8.64. The van der Waals surface area contributed by atoms with Crippen LogP contribution in [-0.2, 0) is 9.59 Å². The number of nitrogens with one attached hydrogen (secondary N) is 1. The molecule has 2 fully saturated rings. The van der Waals surface area contributed by atoms with Gasteiger partial charge in [0.15, 0.2) is 0 Å². The zero-order valence-electron chi connectivity index (χ0n) is 13.8. The van der Waals surface area contributed by atoms with Crippen molar-refractivity contribution < 1.29 is 19.5 Å². The van der Waals surface area contributed by atoms with Crippen molar-refractivity contribution in [2.75, 3.05) is 19.6 Å². The van der Waals surface area contributed by atoms with Gasteiger partial charge in [-0.2, -0.15) is 0 Å². The summed E-state index contributed by atoms with van der Waals surface area (Å²) in [5.74, 6) is -0.317. The van der Waals surface area contributed by atoms with E-state index in [-0.39, 0.29) is 11.8 Å². The van der Waals surface area contributed by atoms with E-state index in [4.69, 9.17) is 0 Å². The largest absolute Gasteiger partial charge is 0.465 e. The maximum atomic E-state index is 12.7. The van der Waals surface area contributed by atoms with Crippen LogP contribution in [0.4, 0.5) is 4.79 Å². The van der Waals surface area contributed by atoms with Crippen molar-refractivity contribution in [1.82, 2.24) is 15.1 Å². The fourth-order valence-electron chi connectivity index (χ4n) is 3.45. The maximum Gasteiger partial charge on any atom is 0.407 e. The van der Waals surface area contributed by atoms with E-state index in [2.05, 4.69) is 12.2 Å². The minimum atomic E-state index is -1.05. The average molecular weight is 325 g/mol. The highest BCUT2D eigenvalue weighted by Gasteiger charge is 2.41. The second-order valence-corrected chi connectivity index (χ2v) is 6.32. The van der Waals surface area contributed by atoms with Crippen LogP contribution in [0.2, 0.25) is 0 Å². The fraction of sp³-hybridized carbons (Fsp3) is 0.812. The molecule has 2 aliphatic heterocycles. The van der Waals surface area contributed by atoms with Gasteiger partial charge in [0.2, 0.25) is 11.8 Å². The highest BCUT2D eigenvalue weighted by atomic mass is 16.4. The van der Waals surface area contributed by atoms with Crippen LogP contribution in [0, 0.1) is 0 Å². The summed E-state index contributed by atoms with van der Waals surface area (Å²) in [6.45, 7) is 3.67. The summed E-state index contributed by atoms with van der Waals surface area (Å²) < 4.78 is 0. The molecule has 0 aliphatic carbocycles. The molecular formula is C16H27N3O4. The molecule has 2 unspecified atom stereocenters. The van der Waals surface area contributed by atoms with Gasteiger partial charge in [0.25, 0.3) is 0 Å². The molecule has 2 heterocycles. The van der Waals surface area contributed by atoms with Crippen molar-refractivity contribution in [2.45, 2.75) is 64.0 Å². The lowest BCUT2D eigenvalue weighted by atomic mass is 10.1. The fourth-order valence-corrected chi connectivity index (χ4v) is 3.45. The number of hydrogen-bond donors (Lipinski definition) is 2. The topological polar surface area (TPSA) is 90.0 Å². The minimum absolute atomic E-state index is 0.105. The van der Waals surface area contributed by atoms with E-state index in [1.807, 2.05) is 0 Å². The normalized spacial score (nSPS) is 24.0. The van der Waals surface area contributed by atoms with E-state index in [0.29, 0.717) is 38.9 Å². The van der Waals surface area contributed by atoms with Crippen molar-refractivity contribution in [1.29, 1.82) is 0 Å². The van der Waals surface area contributed by atoms with Gasteiger partial charge in [-0.1, -0.05) is 19.8 Å². The van der Waals surface area contributed by atoms with Gasteiger partial charge in [0.1, 0.15) is 12.1 Å². The molecule has 23 heavy (non-hydrogen) atoms. The Kier molecular flexibility index (Phi) is 6.24. The molecule has 3 amide bonds. The summed E-state index contributed by atoms with van der Waals surface area (Å²) in [7, 11) is 0. The quantitative estimate of drug-likeness (QED) is 0.723. The van der Waals surface area contributed by atoms with Crippen molar-refractivity contribution >= 4 is 17.9 Å². The van der Waals surface area contributed by atoms with E-state index in [1.165, 1.54) is 4.90 Å². The van der Waals surface area contributed by atoms with Crippen LogP contribution in [0.1, 0.15) is 51.9 Å². The number of rotatable bonds is 6. The molecule has 2 rings (SSSR count). The van der Waals surface area contributed by atoms with Crippen LogP contribution in [0.15, 0.2) is 0 Å². The highest BCUT2D eigenvalue weighted by Crippen LogP contribution is 2.25. The summed E-state index contributed by atoms with van der Waals surface area (Å²) >= 11 is 0. The zero-order valence-corrected chi connectivity index (χ0v) is 13.8. The molecule has 0 aromatic heterocycles. The molecule has 2 aliphatic rings. The molecule has 0 aromatic rings. The lowest BCUT2D eigenvalue weighted by molar-refractivity contribution is -0.141. The highest BCUT2D eigenvalue weighted by molar-refractivity contribution is 5.92. The van der Waals surface area contributed by atoms with Gasteiger partial charge in [-0.25, -0.2) is 4.79 Å². The van der Waals surface area contributed by atoms with Crippen LogP contribution in [0.5, 0.6) is 0 Å². The Balaban J connectivity index is 1.93. The van der Waals surface area contributed by atoms with Crippen LogP contribution in [-0.4, -0.2) is 64.5 Å². The van der Waals surface area contributed by atoms with E-state index >= 15 is 0 Å². The smallest absolute Gasteiger partial charge is 0.407 e. The Hall–Kier alpha value is -1.79. The second-order valence-electron chi connectivity index (χ2n) is 6.32. The first-order chi connectivity index (χ1) is 11.1. The summed E-state index contributed by atoms with van der Waals surface area (Å²) in [4.78, 5) is 39.0. The number of carbonyl (C=O) groups is 3. The number of hydrogen-bond acceptors (Lipinski definition) is 3. The Bertz CT molecular complexity index is 455. The Labute approximate surface area is 137 Å². The van der Waals surface area contributed by atoms with E-state index in [1.54, 1.807) is 4.90 Å². The first kappa shape index (κ1) is 17.6. The van der Waals surface area contributed by atoms with Gasteiger partial charge < -0.3 is 15.3 Å². The molecule has 0 bridgehead atoms. The van der Waals surface area contributed by atoms with Crippen molar-refractivity contribution in [3.8, 4) is 0 Å². The predicted octanol–water partition coefficient (Wildman–Crippen LogP) is 1.43. The zero-order chi connectivity index (χ0) is 16.8. The average Bonchev–Trinajstić information content (AvgIpc) is 3.19. The molecule has 2 atom stereocenters. The predicted molar refractivity (Wildman–Crippen MR) is 85.0 cm³/mol. The van der Waals surface area contributed by atoms with Crippen LogP contribution in [0.3, 0.4) is 0 Å². The van der Waals surface area contributed by atoms with E-state index in [9.17, 15) is 19.5 Å². The number of nitrogens with zero attached hydrogens (tertiary/aromatic N) is 2. The second kappa shape index (κ2) is 8.17. The molecule has 0 saturated carbocycles. The minimum Gasteiger partial charge on any atom is -0.465 e. The lowest BCUT2D eigenvalue weighted by Crippen LogP contribution is -2.52. The lowest BCUT2D eigenvalue weighted by Gasteiger charge is -2.29. The van der Waals surface area contributed by atoms with Crippen LogP contribution < -0.4 is 5.32 Å². The molecular weight excluding hydrogens is 298 g/mol. The van der Waals surface area contributed by atoms with Crippen molar-refractivity contribution in [3.05, 3.63) is 0 Å². The van der Waals surface area contributed by atoms with Gasteiger partial charge in [0.05, 0.1) is 0 Å². The third-order valence-corrected chi connectivity index (χ3v) is 4.70. The molecule has 2 saturated heterocycles.